The van der Waals surface area contributed by atoms with Crippen molar-refractivity contribution in [1.29, 1.82) is 0 Å². The Bertz CT molecular complexity index is 669. The first kappa shape index (κ1) is 14.3. The van der Waals surface area contributed by atoms with E-state index in [-0.39, 0.29) is 0 Å². The van der Waals surface area contributed by atoms with E-state index in [9.17, 15) is 0 Å². The molecule has 0 spiro atoms. The highest BCUT2D eigenvalue weighted by molar-refractivity contribution is 5.64. The molecule has 0 aliphatic heterocycles. The zero-order valence-corrected chi connectivity index (χ0v) is 12.5. The molecule has 0 bridgehead atoms. The van der Waals surface area contributed by atoms with Gasteiger partial charge < -0.3 is 0 Å². The van der Waals surface area contributed by atoms with Crippen LogP contribution in [0.25, 0.3) is 16.8 Å². The van der Waals surface area contributed by atoms with Crippen LogP contribution in [-0.2, 0) is 0 Å². The van der Waals surface area contributed by atoms with Crippen LogP contribution in [0.15, 0.2) is 48.9 Å². The van der Waals surface area contributed by atoms with E-state index in [1.165, 1.54) is 11.1 Å². The fourth-order valence-corrected chi connectivity index (χ4v) is 2.13. The van der Waals surface area contributed by atoms with Gasteiger partial charge in [0.1, 0.15) is 0 Å². The maximum atomic E-state index is 4.41. The number of hydrogen-bond acceptors (Lipinski definition) is 2. The van der Waals surface area contributed by atoms with E-state index in [0.29, 0.717) is 5.92 Å². The van der Waals surface area contributed by atoms with Gasteiger partial charge in [-0.05, 0) is 30.2 Å². The van der Waals surface area contributed by atoms with Gasteiger partial charge in [0, 0.05) is 23.5 Å². The van der Waals surface area contributed by atoms with Gasteiger partial charge in [-0.15, -0.1) is 0 Å². The molecule has 3 heterocycles. The third-order valence-electron chi connectivity index (χ3n) is 3.13. The Morgan fingerprint density at radius 2 is 1.85 bits per heavy atom. The van der Waals surface area contributed by atoms with E-state index in [2.05, 4.69) is 36.1 Å². The molecule has 0 saturated heterocycles. The van der Waals surface area contributed by atoms with Gasteiger partial charge in [-0.2, -0.15) is 5.10 Å². The summed E-state index contributed by atoms with van der Waals surface area (Å²) < 4.78 is 1.93. The normalized spacial score (nSPS) is 10.4. The minimum Gasteiger partial charge on any atom is -0.256 e. The molecule has 3 rings (SSSR count). The van der Waals surface area contributed by atoms with Crippen molar-refractivity contribution in [3.63, 3.8) is 0 Å². The van der Waals surface area contributed by atoms with Gasteiger partial charge in [0.15, 0.2) is 0 Å². The van der Waals surface area contributed by atoms with E-state index < -0.39 is 0 Å². The lowest BCUT2D eigenvalue weighted by Gasteiger charge is -2.04. The number of fused-ring (bicyclic) bond motifs is 1. The summed E-state index contributed by atoms with van der Waals surface area (Å²) in [6, 6.07) is 10.1. The van der Waals surface area contributed by atoms with Crippen molar-refractivity contribution in [3.8, 4) is 11.3 Å². The highest BCUT2D eigenvalue weighted by Gasteiger charge is 2.08. The molecule has 0 fully saturated rings. The summed E-state index contributed by atoms with van der Waals surface area (Å²) in [4.78, 5) is 4.36. The average molecular weight is 267 g/mol. The first-order valence-corrected chi connectivity index (χ1v) is 7.14. The van der Waals surface area contributed by atoms with Crippen LogP contribution in [0.2, 0.25) is 0 Å². The Hall–Kier alpha value is -2.16. The van der Waals surface area contributed by atoms with Gasteiger partial charge in [0.25, 0.3) is 0 Å². The monoisotopic (exact) mass is 267 g/mol. The van der Waals surface area contributed by atoms with E-state index in [1.54, 1.807) is 0 Å². The molecule has 0 saturated carbocycles. The van der Waals surface area contributed by atoms with Crippen molar-refractivity contribution in [2.24, 2.45) is 0 Å². The van der Waals surface area contributed by atoms with Crippen LogP contribution < -0.4 is 0 Å². The SMILES string of the molecule is CC.CC(C)c1cnn2cc(-c3ccccn3)ccc12. The average Bonchev–Trinajstić information content (AvgIpc) is 2.93. The summed E-state index contributed by atoms with van der Waals surface area (Å²) in [7, 11) is 0. The molecule has 104 valence electrons. The Kier molecular flexibility index (Phi) is 4.51. The summed E-state index contributed by atoms with van der Waals surface area (Å²) >= 11 is 0. The smallest absolute Gasteiger partial charge is 0.0717 e. The van der Waals surface area contributed by atoms with E-state index >= 15 is 0 Å². The number of aromatic nitrogens is 3. The molecular weight excluding hydrogens is 246 g/mol. The molecule has 0 atom stereocenters. The fourth-order valence-electron chi connectivity index (χ4n) is 2.13. The predicted octanol–water partition coefficient (Wildman–Crippen LogP) is 4.55. The van der Waals surface area contributed by atoms with Gasteiger partial charge in [0.2, 0.25) is 0 Å². The number of hydrogen-bond donors (Lipinski definition) is 0. The van der Waals surface area contributed by atoms with Crippen LogP contribution in [0.4, 0.5) is 0 Å². The molecule has 0 N–H and O–H groups in total. The third kappa shape index (κ3) is 2.72. The van der Waals surface area contributed by atoms with Crippen molar-refractivity contribution < 1.29 is 0 Å². The molecule has 3 aromatic heterocycles. The molecular formula is C17H21N3. The maximum Gasteiger partial charge on any atom is 0.0717 e. The van der Waals surface area contributed by atoms with Gasteiger partial charge in [-0.1, -0.05) is 33.8 Å². The minimum absolute atomic E-state index is 0.489. The molecule has 0 aliphatic rings. The number of rotatable bonds is 2. The molecule has 3 aromatic rings. The standard InChI is InChI=1S/C15H15N3.C2H6/c1-11(2)13-9-17-18-10-12(6-7-15(13)18)14-5-3-4-8-16-14;1-2/h3-11H,1-2H3;1-2H3. The fraction of sp³-hybridized carbons (Fsp3) is 0.294. The Labute approximate surface area is 120 Å². The zero-order chi connectivity index (χ0) is 14.5. The number of pyridine rings is 2. The van der Waals surface area contributed by atoms with Crippen molar-refractivity contribution in [2.75, 3.05) is 0 Å². The lowest BCUT2D eigenvalue weighted by Crippen LogP contribution is -1.91. The molecule has 3 nitrogen and oxygen atoms in total. The van der Waals surface area contributed by atoms with E-state index in [0.717, 1.165) is 11.3 Å². The quantitative estimate of drug-likeness (QED) is 0.682. The van der Waals surface area contributed by atoms with Gasteiger partial charge >= 0.3 is 0 Å². The predicted molar refractivity (Wildman–Crippen MR) is 83.9 cm³/mol. The summed E-state index contributed by atoms with van der Waals surface area (Å²) in [6.07, 6.45) is 5.79. The molecule has 0 amide bonds. The summed E-state index contributed by atoms with van der Waals surface area (Å²) in [5.41, 5.74) is 4.51. The third-order valence-corrected chi connectivity index (χ3v) is 3.13. The van der Waals surface area contributed by atoms with E-state index in [4.69, 9.17) is 0 Å². The molecule has 0 aliphatic carbocycles. The second-order valence-electron chi connectivity index (χ2n) is 4.72. The Balaban J connectivity index is 0.000000704. The van der Waals surface area contributed by atoms with E-state index in [1.807, 2.05) is 55.2 Å². The van der Waals surface area contributed by atoms with Crippen LogP contribution in [0.5, 0.6) is 0 Å². The first-order chi connectivity index (χ1) is 9.75. The lowest BCUT2D eigenvalue weighted by atomic mass is 10.1. The molecule has 0 aromatic carbocycles. The minimum atomic E-state index is 0.489. The Morgan fingerprint density at radius 3 is 2.50 bits per heavy atom. The zero-order valence-electron chi connectivity index (χ0n) is 12.5. The maximum absolute atomic E-state index is 4.41. The highest BCUT2D eigenvalue weighted by Crippen LogP contribution is 2.23. The second-order valence-corrected chi connectivity index (χ2v) is 4.72. The topological polar surface area (TPSA) is 30.2 Å². The highest BCUT2D eigenvalue weighted by atomic mass is 15.2. The van der Waals surface area contributed by atoms with Crippen molar-refractivity contribution in [2.45, 2.75) is 33.6 Å². The Morgan fingerprint density at radius 1 is 1.05 bits per heavy atom. The molecule has 0 radical (unpaired) electrons. The molecule has 0 unspecified atom stereocenters. The van der Waals surface area contributed by atoms with Crippen LogP contribution in [-0.4, -0.2) is 14.6 Å². The van der Waals surface area contributed by atoms with Crippen molar-refractivity contribution >= 4 is 5.52 Å². The van der Waals surface area contributed by atoms with Crippen LogP contribution in [0.3, 0.4) is 0 Å². The number of nitrogens with zero attached hydrogens (tertiary/aromatic N) is 3. The summed E-state index contributed by atoms with van der Waals surface area (Å²) in [5, 5.41) is 4.41. The first-order valence-electron chi connectivity index (χ1n) is 7.14. The largest absolute Gasteiger partial charge is 0.256 e. The lowest BCUT2D eigenvalue weighted by molar-refractivity contribution is 0.875. The second kappa shape index (κ2) is 6.33. The summed E-state index contributed by atoms with van der Waals surface area (Å²) in [5.74, 6) is 0.489. The summed E-state index contributed by atoms with van der Waals surface area (Å²) in [6.45, 7) is 8.37. The molecule has 3 heteroatoms. The van der Waals surface area contributed by atoms with Gasteiger partial charge in [-0.25, -0.2) is 4.52 Å². The van der Waals surface area contributed by atoms with Crippen LogP contribution >= 0.6 is 0 Å². The van der Waals surface area contributed by atoms with Crippen LogP contribution in [0.1, 0.15) is 39.2 Å². The molecule has 20 heavy (non-hydrogen) atoms. The van der Waals surface area contributed by atoms with Crippen LogP contribution in [0, 0.1) is 0 Å². The van der Waals surface area contributed by atoms with Gasteiger partial charge in [0.05, 0.1) is 17.4 Å². The van der Waals surface area contributed by atoms with Crippen molar-refractivity contribution in [3.05, 3.63) is 54.5 Å². The van der Waals surface area contributed by atoms with Crippen molar-refractivity contribution in [1.82, 2.24) is 14.6 Å². The van der Waals surface area contributed by atoms with Gasteiger partial charge in [-0.3, -0.25) is 4.98 Å².